The zero-order chi connectivity index (χ0) is 25.3. The molecule has 0 unspecified atom stereocenters. The number of rotatable bonds is 10. The van der Waals surface area contributed by atoms with E-state index in [1.165, 1.54) is 29.3 Å². The van der Waals surface area contributed by atoms with Gasteiger partial charge in [0.1, 0.15) is 11.6 Å². The second kappa shape index (κ2) is 12.9. The smallest absolute Gasteiger partial charge is 0.250 e. The van der Waals surface area contributed by atoms with E-state index in [0.717, 1.165) is 16.1 Å². The van der Waals surface area contributed by atoms with Gasteiger partial charge in [0.05, 0.1) is 23.5 Å². The number of hydrazone groups is 1. The molecule has 36 heavy (non-hydrogen) atoms. The lowest BCUT2D eigenvalue weighted by Crippen LogP contribution is -2.19. The minimum absolute atomic E-state index is 0.169. The number of methoxy groups -OCH3 is 1. The van der Waals surface area contributed by atoms with E-state index >= 15 is 0 Å². The summed E-state index contributed by atoms with van der Waals surface area (Å²) in [5.41, 5.74) is 5.11. The maximum absolute atomic E-state index is 12.2. The molecule has 1 N–H and O–H groups in total. The quantitative estimate of drug-likeness (QED) is 0.127. The van der Waals surface area contributed by atoms with Crippen molar-refractivity contribution in [1.29, 1.82) is 0 Å². The van der Waals surface area contributed by atoms with Gasteiger partial charge in [-0.1, -0.05) is 83.2 Å². The van der Waals surface area contributed by atoms with Gasteiger partial charge in [0, 0.05) is 16.1 Å². The first-order valence-corrected chi connectivity index (χ1v) is 13.6. The summed E-state index contributed by atoms with van der Waals surface area (Å²) in [5, 5.41) is 13.8. The van der Waals surface area contributed by atoms with Gasteiger partial charge in [0.2, 0.25) is 0 Å². The number of carbonyl (C=O) groups is 1. The Morgan fingerprint density at radius 2 is 1.94 bits per heavy atom. The molecule has 0 fully saturated rings. The van der Waals surface area contributed by atoms with E-state index in [2.05, 4.69) is 36.7 Å². The molecule has 184 valence electrons. The molecule has 0 aliphatic heterocycles. The summed E-state index contributed by atoms with van der Waals surface area (Å²) >= 11 is 12.5. The number of thioether (sulfide) groups is 1. The molecule has 0 radical (unpaired) electrons. The van der Waals surface area contributed by atoms with Crippen molar-refractivity contribution in [2.24, 2.45) is 5.10 Å². The normalized spacial score (nSPS) is 11.0. The third-order valence-corrected chi connectivity index (χ3v) is 7.80. The highest BCUT2D eigenvalue weighted by Crippen LogP contribution is 2.37. The van der Waals surface area contributed by atoms with Crippen LogP contribution < -0.4 is 14.9 Å². The number of ether oxygens (including phenoxy) is 2. The number of hydrogen-bond acceptors (Lipinski definition) is 8. The summed E-state index contributed by atoms with van der Waals surface area (Å²) in [5.74, 6) is 0.980. The highest BCUT2D eigenvalue weighted by molar-refractivity contribution is 9.10. The van der Waals surface area contributed by atoms with E-state index in [1.807, 2.05) is 60.7 Å². The molecule has 3 aromatic carbocycles. The molecule has 1 amide bonds. The van der Waals surface area contributed by atoms with E-state index < -0.39 is 0 Å². The molecular formula is C25H20BrClN4O3S2. The second-order valence-electron chi connectivity index (χ2n) is 7.24. The van der Waals surface area contributed by atoms with E-state index in [0.29, 0.717) is 30.9 Å². The molecule has 1 aromatic heterocycles. The topological polar surface area (TPSA) is 85.7 Å². The lowest BCUT2D eigenvalue weighted by molar-refractivity contribution is -0.118. The van der Waals surface area contributed by atoms with Crippen molar-refractivity contribution in [3.63, 3.8) is 0 Å². The van der Waals surface area contributed by atoms with Crippen molar-refractivity contribution in [1.82, 2.24) is 15.6 Å². The highest BCUT2D eigenvalue weighted by atomic mass is 79.9. The zero-order valence-electron chi connectivity index (χ0n) is 19.0. The Balaban J connectivity index is 1.31. The maximum Gasteiger partial charge on any atom is 0.250 e. The van der Waals surface area contributed by atoms with Crippen molar-refractivity contribution >= 4 is 62.8 Å². The summed E-state index contributed by atoms with van der Waals surface area (Å²) in [6.07, 6.45) is 1.53. The molecule has 11 heteroatoms. The minimum Gasteiger partial charge on any atom is -0.493 e. The molecule has 0 bridgehead atoms. The number of halogens is 2. The summed E-state index contributed by atoms with van der Waals surface area (Å²) in [6, 6.07) is 20.9. The minimum atomic E-state index is -0.251. The lowest BCUT2D eigenvalue weighted by Gasteiger charge is -2.14. The van der Waals surface area contributed by atoms with Crippen LogP contribution in [0.2, 0.25) is 5.02 Å². The molecule has 4 rings (SSSR count). The Morgan fingerprint density at radius 3 is 2.72 bits per heavy atom. The standard InChI is InChI=1S/C25H20BrClN4O3S2/c1-33-21-12-16(11-19(26)23(21)34-14-18-9-5-6-10-20(18)27)13-28-29-22(32)15-35-25-31-30-24(36-25)17-7-3-2-4-8-17/h2-13H,14-15H2,1H3,(H,29,32). The number of nitrogens with one attached hydrogen (secondary N) is 1. The zero-order valence-corrected chi connectivity index (χ0v) is 23.0. The van der Waals surface area contributed by atoms with Gasteiger partial charge in [-0.05, 0) is 39.7 Å². The van der Waals surface area contributed by atoms with Crippen LogP contribution in [0, 0.1) is 0 Å². The van der Waals surface area contributed by atoms with Gasteiger partial charge in [0.25, 0.3) is 5.91 Å². The van der Waals surface area contributed by atoms with Crippen molar-refractivity contribution in [3.8, 4) is 22.1 Å². The molecule has 4 aromatic rings. The Kier molecular flexibility index (Phi) is 9.35. The molecule has 0 atom stereocenters. The van der Waals surface area contributed by atoms with Gasteiger partial charge in [-0.25, -0.2) is 5.43 Å². The second-order valence-corrected chi connectivity index (χ2v) is 10.7. The third kappa shape index (κ3) is 7.07. The molecule has 0 saturated heterocycles. The van der Waals surface area contributed by atoms with Crippen molar-refractivity contribution in [2.45, 2.75) is 10.9 Å². The summed E-state index contributed by atoms with van der Waals surface area (Å²) in [4.78, 5) is 12.2. The van der Waals surface area contributed by atoms with Crippen LogP contribution in [0.4, 0.5) is 0 Å². The molecule has 0 aliphatic rings. The number of carbonyl (C=O) groups excluding carboxylic acids is 1. The van der Waals surface area contributed by atoms with E-state index in [4.69, 9.17) is 21.1 Å². The van der Waals surface area contributed by atoms with E-state index in [1.54, 1.807) is 13.2 Å². The van der Waals surface area contributed by atoms with Crippen LogP contribution in [0.3, 0.4) is 0 Å². The Hall–Kier alpha value is -2.92. The van der Waals surface area contributed by atoms with Crippen molar-refractivity contribution < 1.29 is 14.3 Å². The largest absolute Gasteiger partial charge is 0.493 e. The molecule has 0 saturated carbocycles. The van der Waals surface area contributed by atoms with Gasteiger partial charge < -0.3 is 9.47 Å². The number of aromatic nitrogens is 2. The van der Waals surface area contributed by atoms with E-state index in [9.17, 15) is 4.79 Å². The summed E-state index contributed by atoms with van der Waals surface area (Å²) < 4.78 is 12.8. The predicted octanol–water partition coefficient (Wildman–Crippen LogP) is 6.45. The first-order valence-electron chi connectivity index (χ1n) is 10.6. The first kappa shape index (κ1) is 26.2. The molecule has 7 nitrogen and oxygen atoms in total. The monoisotopic (exact) mass is 602 g/mol. The fourth-order valence-corrected chi connectivity index (χ4v) is 5.44. The first-order chi connectivity index (χ1) is 17.5. The number of nitrogens with zero attached hydrogens (tertiary/aromatic N) is 3. The SMILES string of the molecule is COc1cc(C=NNC(=O)CSc2nnc(-c3ccccc3)s2)cc(Br)c1OCc1ccccc1Cl. The predicted molar refractivity (Wildman–Crippen MR) is 148 cm³/mol. The Morgan fingerprint density at radius 1 is 1.17 bits per heavy atom. The van der Waals surface area contributed by atoms with Gasteiger partial charge in [0.15, 0.2) is 15.8 Å². The van der Waals surface area contributed by atoms with Crippen LogP contribution in [0.25, 0.3) is 10.6 Å². The number of hydrogen-bond donors (Lipinski definition) is 1. The number of benzene rings is 3. The number of amides is 1. The molecule has 0 spiro atoms. The highest BCUT2D eigenvalue weighted by Gasteiger charge is 2.13. The lowest BCUT2D eigenvalue weighted by atomic mass is 10.2. The van der Waals surface area contributed by atoms with Gasteiger partial charge >= 0.3 is 0 Å². The summed E-state index contributed by atoms with van der Waals surface area (Å²) in [6.45, 7) is 0.289. The fourth-order valence-electron chi connectivity index (χ4n) is 3.02. The summed E-state index contributed by atoms with van der Waals surface area (Å²) in [7, 11) is 1.56. The Bertz CT molecular complexity index is 1370. The van der Waals surface area contributed by atoms with Crippen LogP contribution in [-0.2, 0) is 11.4 Å². The average Bonchev–Trinajstić information content (AvgIpc) is 3.37. The van der Waals surface area contributed by atoms with Gasteiger partial charge in [-0.3, -0.25) is 4.79 Å². The maximum atomic E-state index is 12.2. The van der Waals surface area contributed by atoms with Crippen LogP contribution in [0.1, 0.15) is 11.1 Å². The Labute approximate surface area is 230 Å². The van der Waals surface area contributed by atoms with Crippen molar-refractivity contribution in [3.05, 3.63) is 87.4 Å². The van der Waals surface area contributed by atoms with Crippen LogP contribution >= 0.6 is 50.6 Å². The van der Waals surface area contributed by atoms with E-state index in [-0.39, 0.29) is 18.3 Å². The third-order valence-electron chi connectivity index (χ3n) is 4.74. The molecule has 0 aliphatic carbocycles. The molecular weight excluding hydrogens is 584 g/mol. The van der Waals surface area contributed by atoms with Crippen molar-refractivity contribution in [2.75, 3.05) is 12.9 Å². The van der Waals surface area contributed by atoms with Gasteiger partial charge in [-0.15, -0.1) is 10.2 Å². The fraction of sp³-hybridized carbons (Fsp3) is 0.120. The van der Waals surface area contributed by atoms with Crippen LogP contribution in [-0.4, -0.2) is 35.2 Å². The van der Waals surface area contributed by atoms with Crippen LogP contribution in [0.15, 0.2) is 80.6 Å². The average molecular weight is 604 g/mol. The van der Waals surface area contributed by atoms with Gasteiger partial charge in [-0.2, -0.15) is 5.10 Å². The molecule has 1 heterocycles. The van der Waals surface area contributed by atoms with Crippen LogP contribution in [0.5, 0.6) is 11.5 Å².